The molecule has 78 heavy (non-hydrogen) atoms. The lowest BCUT2D eigenvalue weighted by Gasteiger charge is -2.46. The Hall–Kier alpha value is -1.79. The van der Waals surface area contributed by atoms with Crippen LogP contribution < -0.4 is 5.32 Å². The third-order valence-electron chi connectivity index (χ3n) is 15.8. The second-order valence-electron chi connectivity index (χ2n) is 22.9. The summed E-state index contributed by atoms with van der Waals surface area (Å²) < 4.78 is 22.6. The number of carbonyl (C=O) groups is 1. The van der Waals surface area contributed by atoms with Crippen LogP contribution in [0.15, 0.2) is 36.5 Å². The highest BCUT2D eigenvalue weighted by Gasteiger charge is 2.51. The molecular formula is C64H119NO13. The first kappa shape index (κ1) is 72.3. The molecule has 1 amide bonds. The number of allylic oxidation sites excluding steroid dienone is 5. The lowest BCUT2D eigenvalue weighted by molar-refractivity contribution is -0.359. The number of rotatable bonds is 52. The van der Waals surface area contributed by atoms with Gasteiger partial charge in [0.15, 0.2) is 12.6 Å². The van der Waals surface area contributed by atoms with Crippen LogP contribution >= 0.6 is 0 Å². The fraction of sp³-hybridized carbons (Fsp3) is 0.891. The van der Waals surface area contributed by atoms with Crippen molar-refractivity contribution < 1.29 is 64.6 Å². The third-order valence-corrected chi connectivity index (χ3v) is 15.8. The van der Waals surface area contributed by atoms with E-state index in [4.69, 9.17) is 18.9 Å². The van der Waals surface area contributed by atoms with E-state index in [1.165, 1.54) is 199 Å². The molecule has 2 rings (SSSR count). The van der Waals surface area contributed by atoms with E-state index in [2.05, 4.69) is 43.5 Å². The number of hydrogen-bond acceptors (Lipinski definition) is 13. The van der Waals surface area contributed by atoms with Crippen LogP contribution in [0.2, 0.25) is 0 Å². The number of unbranched alkanes of at least 4 members (excludes halogenated alkanes) is 35. The monoisotopic (exact) mass is 1110 g/mol. The third kappa shape index (κ3) is 34.6. The van der Waals surface area contributed by atoms with Gasteiger partial charge in [0.25, 0.3) is 0 Å². The predicted molar refractivity (Wildman–Crippen MR) is 314 cm³/mol. The largest absolute Gasteiger partial charge is 0.394 e. The van der Waals surface area contributed by atoms with Crippen molar-refractivity contribution in [2.45, 2.75) is 344 Å². The molecule has 2 saturated heterocycles. The van der Waals surface area contributed by atoms with Crippen LogP contribution in [-0.2, 0) is 23.7 Å². The van der Waals surface area contributed by atoms with Crippen molar-refractivity contribution in [2.24, 2.45) is 0 Å². The molecule has 0 bridgehead atoms. The van der Waals surface area contributed by atoms with Gasteiger partial charge in [0.2, 0.25) is 5.91 Å². The molecule has 2 aliphatic rings. The first-order valence-corrected chi connectivity index (χ1v) is 32.2. The topological polar surface area (TPSA) is 228 Å². The number of aliphatic hydroxyl groups excluding tert-OH is 8. The van der Waals surface area contributed by atoms with Crippen molar-refractivity contribution >= 4 is 5.91 Å². The first-order chi connectivity index (χ1) is 38.1. The molecule has 9 N–H and O–H groups in total. The van der Waals surface area contributed by atoms with Crippen molar-refractivity contribution in [2.75, 3.05) is 19.8 Å². The van der Waals surface area contributed by atoms with E-state index >= 15 is 0 Å². The zero-order chi connectivity index (χ0) is 56.7. The minimum Gasteiger partial charge on any atom is -0.394 e. The van der Waals surface area contributed by atoms with Gasteiger partial charge in [0.05, 0.1) is 32.0 Å². The Morgan fingerprint density at radius 2 is 0.846 bits per heavy atom. The van der Waals surface area contributed by atoms with Crippen LogP contribution in [0.1, 0.15) is 271 Å². The smallest absolute Gasteiger partial charge is 0.220 e. The molecule has 12 unspecified atom stereocenters. The molecule has 14 heteroatoms. The van der Waals surface area contributed by atoms with Crippen molar-refractivity contribution in [1.29, 1.82) is 0 Å². The lowest BCUT2D eigenvalue weighted by Crippen LogP contribution is -2.65. The molecule has 2 fully saturated rings. The van der Waals surface area contributed by atoms with Gasteiger partial charge in [-0.05, 0) is 51.4 Å². The van der Waals surface area contributed by atoms with Gasteiger partial charge in [-0.3, -0.25) is 4.79 Å². The van der Waals surface area contributed by atoms with E-state index in [9.17, 15) is 45.6 Å². The zero-order valence-electron chi connectivity index (χ0n) is 49.4. The zero-order valence-corrected chi connectivity index (χ0v) is 49.4. The minimum atomic E-state index is -1.79. The highest BCUT2D eigenvalue weighted by atomic mass is 16.7. The molecule has 458 valence electrons. The Kier molecular flexibility index (Phi) is 46.2. The molecular weight excluding hydrogens is 991 g/mol. The predicted octanol–water partition coefficient (Wildman–Crippen LogP) is 11.8. The van der Waals surface area contributed by atoms with Gasteiger partial charge >= 0.3 is 0 Å². The number of amides is 1. The number of ether oxygens (including phenoxy) is 4. The number of nitrogens with one attached hydrogen (secondary N) is 1. The van der Waals surface area contributed by atoms with E-state index in [0.29, 0.717) is 12.8 Å². The second kappa shape index (κ2) is 49.8. The van der Waals surface area contributed by atoms with Gasteiger partial charge in [-0.1, -0.05) is 249 Å². The molecule has 2 heterocycles. The maximum Gasteiger partial charge on any atom is 0.220 e. The molecule has 2 aliphatic heterocycles. The second-order valence-corrected chi connectivity index (χ2v) is 22.9. The summed E-state index contributed by atoms with van der Waals surface area (Å²) >= 11 is 0. The SMILES string of the molecule is CCC/C=C/CC/C=C/C(O)C(COC1OC(CO)C(OC2OC(CO)C(O)C(O)C2O)C(O)C1O)NC(=O)CCCCCCCCCCCCCCCCCCCCCCCCCCC/C=C\CCCCCCCCCC. The average molecular weight is 1110 g/mol. The molecule has 0 aromatic heterocycles. The Bertz CT molecular complexity index is 1450. The van der Waals surface area contributed by atoms with Crippen LogP contribution in [0.3, 0.4) is 0 Å². The van der Waals surface area contributed by atoms with Gasteiger partial charge < -0.3 is 65.1 Å². The Morgan fingerprint density at radius 3 is 1.31 bits per heavy atom. The summed E-state index contributed by atoms with van der Waals surface area (Å²) in [5, 5.41) is 86.6. The van der Waals surface area contributed by atoms with Crippen LogP contribution in [0.5, 0.6) is 0 Å². The highest BCUT2D eigenvalue weighted by molar-refractivity contribution is 5.76. The Morgan fingerprint density at radius 1 is 0.449 bits per heavy atom. The van der Waals surface area contributed by atoms with Gasteiger partial charge in [-0.25, -0.2) is 0 Å². The van der Waals surface area contributed by atoms with Crippen molar-refractivity contribution in [3.63, 3.8) is 0 Å². The van der Waals surface area contributed by atoms with Crippen molar-refractivity contribution in [1.82, 2.24) is 5.32 Å². The molecule has 0 aliphatic carbocycles. The van der Waals surface area contributed by atoms with Gasteiger partial charge in [0, 0.05) is 6.42 Å². The maximum atomic E-state index is 13.2. The van der Waals surface area contributed by atoms with Gasteiger partial charge in [-0.15, -0.1) is 0 Å². The number of carbonyl (C=O) groups excluding carboxylic acids is 1. The molecule has 0 aromatic carbocycles. The fourth-order valence-electron chi connectivity index (χ4n) is 10.6. The molecule has 0 aromatic rings. The summed E-state index contributed by atoms with van der Waals surface area (Å²) in [4.78, 5) is 13.2. The van der Waals surface area contributed by atoms with Crippen LogP contribution in [-0.4, -0.2) is 140 Å². The molecule has 0 radical (unpaired) electrons. The molecule has 0 saturated carbocycles. The highest BCUT2D eigenvalue weighted by Crippen LogP contribution is 2.30. The van der Waals surface area contributed by atoms with Crippen LogP contribution in [0, 0.1) is 0 Å². The Labute approximate surface area is 474 Å². The van der Waals surface area contributed by atoms with E-state index in [0.717, 1.165) is 38.5 Å². The molecule has 14 nitrogen and oxygen atoms in total. The lowest BCUT2D eigenvalue weighted by atomic mass is 9.97. The van der Waals surface area contributed by atoms with Crippen LogP contribution in [0.4, 0.5) is 0 Å². The van der Waals surface area contributed by atoms with Crippen LogP contribution in [0.25, 0.3) is 0 Å². The number of hydrogen-bond donors (Lipinski definition) is 9. The summed E-state index contributed by atoms with van der Waals surface area (Å²) in [6.07, 6.45) is 45.8. The Balaban J connectivity index is 1.50. The minimum absolute atomic E-state index is 0.250. The summed E-state index contributed by atoms with van der Waals surface area (Å²) in [6.45, 7) is 2.67. The molecule has 0 spiro atoms. The maximum absolute atomic E-state index is 13.2. The van der Waals surface area contributed by atoms with E-state index in [1.807, 2.05) is 6.08 Å². The summed E-state index contributed by atoms with van der Waals surface area (Å²) in [6, 6.07) is -0.926. The van der Waals surface area contributed by atoms with E-state index in [-0.39, 0.29) is 18.9 Å². The van der Waals surface area contributed by atoms with Crippen molar-refractivity contribution in [3.05, 3.63) is 36.5 Å². The number of aliphatic hydroxyl groups is 8. The quantitative estimate of drug-likeness (QED) is 0.0204. The summed E-state index contributed by atoms with van der Waals surface area (Å²) in [7, 11) is 0. The fourth-order valence-corrected chi connectivity index (χ4v) is 10.6. The standard InChI is InChI=1S/C64H119NO13/c1-3-5-7-9-11-12-13-14-15-16-17-18-19-20-21-22-23-24-25-26-27-28-29-30-31-32-33-34-35-36-37-38-39-40-42-44-46-48-56(69)65-52(53(68)47-45-43-41-10-8-6-4-2)51-75-63-61(74)59(72)62(55(50-67)77-63)78-64-60(73)58(71)57(70)54(49-66)76-64/h8,10,16-17,45,47,52-55,57-64,66-68,70-74H,3-7,9,11-15,18-44,46,48-51H2,1-2H3,(H,65,69)/b10-8+,17-16-,47-45+. The van der Waals surface area contributed by atoms with E-state index < -0.39 is 86.8 Å². The van der Waals surface area contributed by atoms with Gasteiger partial charge in [0.1, 0.15) is 48.8 Å². The van der Waals surface area contributed by atoms with Gasteiger partial charge in [-0.2, -0.15) is 0 Å². The molecule has 12 atom stereocenters. The average Bonchev–Trinajstić information content (AvgIpc) is 3.46. The normalized spacial score (nSPS) is 24.7. The van der Waals surface area contributed by atoms with Crippen molar-refractivity contribution in [3.8, 4) is 0 Å². The summed E-state index contributed by atoms with van der Waals surface area (Å²) in [5.74, 6) is -0.250. The first-order valence-electron chi connectivity index (χ1n) is 32.2. The van der Waals surface area contributed by atoms with E-state index in [1.54, 1.807) is 6.08 Å². The summed E-state index contributed by atoms with van der Waals surface area (Å²) in [5.41, 5.74) is 0.